The third-order valence-electron chi connectivity index (χ3n) is 3.51. The number of amides is 1. The molecule has 2 unspecified atom stereocenters. The first-order valence-electron chi connectivity index (χ1n) is 6.82. The van der Waals surface area contributed by atoms with Gasteiger partial charge in [0.2, 0.25) is 5.91 Å². The van der Waals surface area contributed by atoms with Gasteiger partial charge in [-0.25, -0.2) is 0 Å². The number of nitrogens with zero attached hydrogens (tertiary/aromatic N) is 2. The largest absolute Gasteiger partial charge is 0.393 e. The Hall–Kier alpha value is -0.720. The predicted molar refractivity (Wildman–Crippen MR) is 80.1 cm³/mol. The van der Waals surface area contributed by atoms with E-state index in [1.165, 1.54) is 0 Å². The van der Waals surface area contributed by atoms with Crippen LogP contribution in [0.4, 0.5) is 0 Å². The Kier molecular flexibility index (Phi) is 6.68. The molecule has 5 nitrogen and oxygen atoms in total. The van der Waals surface area contributed by atoms with Gasteiger partial charge in [-0.3, -0.25) is 9.69 Å². The van der Waals surface area contributed by atoms with Crippen molar-refractivity contribution in [2.24, 2.45) is 5.73 Å². The minimum Gasteiger partial charge on any atom is -0.393 e. The van der Waals surface area contributed by atoms with Crippen molar-refractivity contribution in [2.75, 3.05) is 33.3 Å². The molecule has 1 heterocycles. The number of ether oxygens (including phenoxy) is 1. The summed E-state index contributed by atoms with van der Waals surface area (Å²) in [4.78, 5) is 16.5. The molecule has 0 spiro atoms. The molecule has 0 saturated carbocycles. The molecule has 1 amide bonds. The van der Waals surface area contributed by atoms with Crippen molar-refractivity contribution in [3.8, 4) is 0 Å². The van der Waals surface area contributed by atoms with E-state index in [1.807, 2.05) is 6.92 Å². The first-order valence-corrected chi connectivity index (χ1v) is 7.22. The summed E-state index contributed by atoms with van der Waals surface area (Å²) >= 11 is 4.83. The lowest BCUT2D eigenvalue weighted by molar-refractivity contribution is -0.135. The quantitative estimate of drug-likeness (QED) is 0.726. The maximum Gasteiger partial charge on any atom is 0.236 e. The molecule has 1 aliphatic heterocycles. The Morgan fingerprint density at radius 1 is 1.58 bits per heavy atom. The van der Waals surface area contributed by atoms with Crippen LogP contribution in [0.1, 0.15) is 26.7 Å². The summed E-state index contributed by atoms with van der Waals surface area (Å²) in [6, 6.07) is 0.337. The smallest absolute Gasteiger partial charge is 0.236 e. The number of carbonyl (C=O) groups excluding carboxylic acids is 1. The Bertz CT molecular complexity index is 325. The summed E-state index contributed by atoms with van der Waals surface area (Å²) in [6.07, 6.45) is 1.77. The highest BCUT2D eigenvalue weighted by Crippen LogP contribution is 2.14. The minimum absolute atomic E-state index is 0.115. The molecule has 0 aromatic heterocycles. The molecule has 0 aromatic carbocycles. The zero-order chi connectivity index (χ0) is 14.4. The van der Waals surface area contributed by atoms with Crippen LogP contribution in [0.2, 0.25) is 0 Å². The second-order valence-electron chi connectivity index (χ2n) is 5.17. The lowest BCUT2D eigenvalue weighted by atomic mass is 10.1. The van der Waals surface area contributed by atoms with Gasteiger partial charge in [0.25, 0.3) is 0 Å². The van der Waals surface area contributed by atoms with Crippen molar-refractivity contribution < 1.29 is 9.53 Å². The number of morpholine rings is 1. The molecule has 0 radical (unpaired) electrons. The normalized spacial score (nSPS) is 24.2. The number of hydrogen-bond acceptors (Lipinski definition) is 4. The molecule has 110 valence electrons. The standard InChI is InChI=1S/C13H25N3O2S/c1-4-11-9-18-10(2)7-16(11)8-13(17)15(3)6-5-12(14)19/h10-11H,4-9H2,1-3H3,(H2,14,19). The first-order chi connectivity index (χ1) is 8.93. The zero-order valence-corrected chi connectivity index (χ0v) is 12.9. The van der Waals surface area contributed by atoms with Gasteiger partial charge in [-0.05, 0) is 13.3 Å². The predicted octanol–water partition coefficient (Wildman–Crippen LogP) is 0.620. The average Bonchev–Trinajstić information content (AvgIpc) is 2.36. The van der Waals surface area contributed by atoms with Crippen molar-refractivity contribution in [3.63, 3.8) is 0 Å². The fourth-order valence-corrected chi connectivity index (χ4v) is 2.27. The topological polar surface area (TPSA) is 58.8 Å². The van der Waals surface area contributed by atoms with E-state index in [0.717, 1.165) is 13.0 Å². The molecule has 6 heteroatoms. The second-order valence-corrected chi connectivity index (χ2v) is 5.69. The monoisotopic (exact) mass is 287 g/mol. The van der Waals surface area contributed by atoms with Crippen molar-refractivity contribution in [1.82, 2.24) is 9.80 Å². The summed E-state index contributed by atoms with van der Waals surface area (Å²) in [6.45, 7) is 6.72. The van der Waals surface area contributed by atoms with Crippen LogP contribution in [-0.2, 0) is 9.53 Å². The summed E-state index contributed by atoms with van der Waals surface area (Å²) in [7, 11) is 1.80. The van der Waals surface area contributed by atoms with Gasteiger partial charge in [-0.2, -0.15) is 0 Å². The first kappa shape index (κ1) is 16.3. The molecule has 1 aliphatic rings. The van der Waals surface area contributed by atoms with Gasteiger partial charge in [0.15, 0.2) is 0 Å². The Morgan fingerprint density at radius 3 is 2.84 bits per heavy atom. The van der Waals surface area contributed by atoms with Crippen LogP contribution in [0.25, 0.3) is 0 Å². The maximum atomic E-state index is 12.2. The number of carbonyl (C=O) groups is 1. The van der Waals surface area contributed by atoms with E-state index in [-0.39, 0.29) is 12.0 Å². The van der Waals surface area contributed by atoms with Crippen LogP contribution < -0.4 is 5.73 Å². The fraction of sp³-hybridized carbons (Fsp3) is 0.846. The van der Waals surface area contributed by atoms with Crippen molar-refractivity contribution >= 4 is 23.1 Å². The van der Waals surface area contributed by atoms with Crippen LogP contribution in [-0.4, -0.2) is 66.1 Å². The van der Waals surface area contributed by atoms with Gasteiger partial charge in [0.1, 0.15) is 0 Å². The number of rotatable bonds is 6. The lowest BCUT2D eigenvalue weighted by Gasteiger charge is -2.38. The lowest BCUT2D eigenvalue weighted by Crippen LogP contribution is -2.52. The van der Waals surface area contributed by atoms with Crippen LogP contribution in [0.5, 0.6) is 0 Å². The van der Waals surface area contributed by atoms with Crippen LogP contribution in [0, 0.1) is 0 Å². The van der Waals surface area contributed by atoms with Gasteiger partial charge in [-0.15, -0.1) is 0 Å². The van der Waals surface area contributed by atoms with E-state index >= 15 is 0 Å². The molecule has 2 atom stereocenters. The second kappa shape index (κ2) is 7.77. The van der Waals surface area contributed by atoms with E-state index in [0.29, 0.717) is 37.1 Å². The number of nitrogens with two attached hydrogens (primary N) is 1. The van der Waals surface area contributed by atoms with E-state index in [4.69, 9.17) is 22.7 Å². The molecule has 2 N–H and O–H groups in total. The van der Waals surface area contributed by atoms with Crippen LogP contribution >= 0.6 is 12.2 Å². The molecule has 1 saturated heterocycles. The third kappa shape index (κ3) is 5.42. The fourth-order valence-electron chi connectivity index (χ4n) is 2.18. The molecule has 19 heavy (non-hydrogen) atoms. The van der Waals surface area contributed by atoms with Crippen molar-refractivity contribution in [3.05, 3.63) is 0 Å². The van der Waals surface area contributed by atoms with E-state index in [2.05, 4.69) is 11.8 Å². The van der Waals surface area contributed by atoms with Gasteiger partial charge >= 0.3 is 0 Å². The highest BCUT2D eigenvalue weighted by atomic mass is 32.1. The molecule has 0 aliphatic carbocycles. The molecule has 0 aromatic rings. The number of hydrogen-bond donors (Lipinski definition) is 1. The minimum atomic E-state index is 0.115. The van der Waals surface area contributed by atoms with E-state index in [1.54, 1.807) is 11.9 Å². The van der Waals surface area contributed by atoms with Crippen LogP contribution in [0.3, 0.4) is 0 Å². The summed E-state index contributed by atoms with van der Waals surface area (Å²) in [5, 5.41) is 0. The Labute approximate surface area is 121 Å². The highest BCUT2D eigenvalue weighted by Gasteiger charge is 2.27. The van der Waals surface area contributed by atoms with Crippen molar-refractivity contribution in [1.29, 1.82) is 0 Å². The molecule has 1 rings (SSSR count). The summed E-state index contributed by atoms with van der Waals surface area (Å²) in [5.74, 6) is 0.115. The Morgan fingerprint density at radius 2 is 2.26 bits per heavy atom. The zero-order valence-electron chi connectivity index (χ0n) is 12.1. The molecule has 1 fully saturated rings. The number of thiocarbonyl (C=S) groups is 1. The summed E-state index contributed by atoms with van der Waals surface area (Å²) < 4.78 is 5.63. The maximum absolute atomic E-state index is 12.2. The Balaban J connectivity index is 2.46. The van der Waals surface area contributed by atoms with E-state index < -0.39 is 0 Å². The molecular formula is C13H25N3O2S. The van der Waals surface area contributed by atoms with Gasteiger partial charge in [0.05, 0.1) is 24.2 Å². The SMILES string of the molecule is CCC1COC(C)CN1CC(=O)N(C)CCC(N)=S. The van der Waals surface area contributed by atoms with Crippen LogP contribution in [0.15, 0.2) is 0 Å². The molecular weight excluding hydrogens is 262 g/mol. The van der Waals surface area contributed by atoms with Gasteiger partial charge in [0, 0.05) is 32.6 Å². The summed E-state index contributed by atoms with van der Waals surface area (Å²) in [5.41, 5.74) is 5.45. The van der Waals surface area contributed by atoms with Crippen molar-refractivity contribution in [2.45, 2.75) is 38.8 Å². The third-order valence-corrected chi connectivity index (χ3v) is 3.71. The van der Waals surface area contributed by atoms with E-state index in [9.17, 15) is 4.79 Å². The highest BCUT2D eigenvalue weighted by molar-refractivity contribution is 7.80. The number of likely N-dealkylation sites (N-methyl/N-ethyl adjacent to an activating group) is 1. The molecule has 0 bridgehead atoms. The average molecular weight is 287 g/mol. The van der Waals surface area contributed by atoms with Gasteiger partial charge in [-0.1, -0.05) is 19.1 Å². The van der Waals surface area contributed by atoms with Gasteiger partial charge < -0.3 is 15.4 Å².